The number of hydrogen-bond donors (Lipinski definition) is 2. The van der Waals surface area contributed by atoms with E-state index in [0.717, 1.165) is 61.8 Å². The molecule has 0 saturated carbocycles. The van der Waals surface area contributed by atoms with Crippen molar-refractivity contribution >= 4 is 5.91 Å². The van der Waals surface area contributed by atoms with Crippen molar-refractivity contribution in [3.8, 4) is 0 Å². The van der Waals surface area contributed by atoms with E-state index in [2.05, 4.69) is 25.3 Å². The number of aromatic amines is 1. The predicted octanol–water partition coefficient (Wildman–Crippen LogP) is 1.10. The number of H-pyrrole nitrogens is 1. The highest BCUT2D eigenvalue weighted by molar-refractivity contribution is 5.83. The SMILES string of the molecule is Cc1nccc(C2CCN(C(=O)[C@H]3NCCc4[nH]cnc43)CC2)n1. The molecular formula is C17H22N6O. The van der Waals surface area contributed by atoms with Crippen molar-refractivity contribution in [1.82, 2.24) is 30.2 Å². The lowest BCUT2D eigenvalue weighted by Crippen LogP contribution is -2.46. The average Bonchev–Trinajstić information content (AvgIpc) is 3.10. The van der Waals surface area contributed by atoms with Gasteiger partial charge < -0.3 is 15.2 Å². The van der Waals surface area contributed by atoms with Gasteiger partial charge >= 0.3 is 0 Å². The second-order valence-corrected chi connectivity index (χ2v) is 6.53. The Hall–Kier alpha value is -2.28. The number of amides is 1. The first kappa shape index (κ1) is 15.3. The fourth-order valence-corrected chi connectivity index (χ4v) is 3.70. The van der Waals surface area contributed by atoms with E-state index in [4.69, 9.17) is 0 Å². The first-order valence-electron chi connectivity index (χ1n) is 8.56. The second kappa shape index (κ2) is 6.32. The Morgan fingerprint density at radius 3 is 2.92 bits per heavy atom. The van der Waals surface area contributed by atoms with Crippen LogP contribution in [-0.2, 0) is 11.2 Å². The molecule has 0 spiro atoms. The van der Waals surface area contributed by atoms with Crippen LogP contribution in [0, 0.1) is 6.92 Å². The van der Waals surface area contributed by atoms with Crippen molar-refractivity contribution < 1.29 is 4.79 Å². The van der Waals surface area contributed by atoms with Gasteiger partial charge in [-0.3, -0.25) is 4.79 Å². The minimum absolute atomic E-state index is 0.139. The third-order valence-corrected chi connectivity index (χ3v) is 5.02. The quantitative estimate of drug-likeness (QED) is 0.863. The number of rotatable bonds is 2. The van der Waals surface area contributed by atoms with Gasteiger partial charge in [0.25, 0.3) is 0 Å². The molecule has 0 aliphatic carbocycles. The molecule has 24 heavy (non-hydrogen) atoms. The third kappa shape index (κ3) is 2.80. The zero-order valence-electron chi connectivity index (χ0n) is 13.8. The number of piperidine rings is 1. The van der Waals surface area contributed by atoms with Gasteiger partial charge in [-0.2, -0.15) is 0 Å². The summed E-state index contributed by atoms with van der Waals surface area (Å²) in [5.74, 6) is 1.36. The lowest BCUT2D eigenvalue weighted by molar-refractivity contribution is -0.135. The summed E-state index contributed by atoms with van der Waals surface area (Å²) in [5.41, 5.74) is 3.04. The smallest absolute Gasteiger partial charge is 0.246 e. The molecule has 1 saturated heterocycles. The number of fused-ring (bicyclic) bond motifs is 1. The topological polar surface area (TPSA) is 86.8 Å². The van der Waals surface area contributed by atoms with Crippen LogP contribution in [0.25, 0.3) is 0 Å². The number of carbonyl (C=O) groups excluding carboxylic acids is 1. The maximum absolute atomic E-state index is 12.9. The summed E-state index contributed by atoms with van der Waals surface area (Å²) in [4.78, 5) is 31.0. The molecule has 4 rings (SSSR count). The van der Waals surface area contributed by atoms with Gasteiger partial charge in [0.15, 0.2) is 0 Å². The molecule has 0 bridgehead atoms. The van der Waals surface area contributed by atoms with Crippen LogP contribution in [-0.4, -0.2) is 50.4 Å². The fraction of sp³-hybridized carbons (Fsp3) is 0.529. The van der Waals surface area contributed by atoms with Crippen molar-refractivity contribution in [1.29, 1.82) is 0 Å². The highest BCUT2D eigenvalue weighted by Gasteiger charge is 2.33. The molecular weight excluding hydrogens is 304 g/mol. The molecule has 126 valence electrons. The van der Waals surface area contributed by atoms with Crippen LogP contribution in [0.1, 0.15) is 47.7 Å². The molecule has 0 aromatic carbocycles. The molecule has 0 unspecified atom stereocenters. The molecule has 2 aromatic heterocycles. The average molecular weight is 326 g/mol. The summed E-state index contributed by atoms with van der Waals surface area (Å²) in [6, 6.07) is 1.69. The van der Waals surface area contributed by atoms with Gasteiger partial charge in [0.1, 0.15) is 11.9 Å². The first-order chi connectivity index (χ1) is 11.7. The van der Waals surface area contributed by atoms with E-state index in [-0.39, 0.29) is 11.9 Å². The number of aromatic nitrogens is 4. The van der Waals surface area contributed by atoms with E-state index in [9.17, 15) is 4.79 Å². The molecule has 2 aliphatic heterocycles. The molecule has 0 radical (unpaired) electrons. The molecule has 2 aliphatic rings. The minimum Gasteiger partial charge on any atom is -0.348 e. The normalized spacial score (nSPS) is 21.5. The Bertz CT molecular complexity index is 734. The summed E-state index contributed by atoms with van der Waals surface area (Å²) < 4.78 is 0. The van der Waals surface area contributed by atoms with E-state index in [0.29, 0.717) is 5.92 Å². The van der Waals surface area contributed by atoms with Crippen LogP contribution >= 0.6 is 0 Å². The molecule has 2 aromatic rings. The number of nitrogens with zero attached hydrogens (tertiary/aromatic N) is 4. The third-order valence-electron chi connectivity index (χ3n) is 5.02. The lowest BCUT2D eigenvalue weighted by Gasteiger charge is -2.35. The fourth-order valence-electron chi connectivity index (χ4n) is 3.70. The summed E-state index contributed by atoms with van der Waals surface area (Å²) in [7, 11) is 0. The lowest BCUT2D eigenvalue weighted by atomic mass is 9.92. The second-order valence-electron chi connectivity index (χ2n) is 6.53. The van der Waals surface area contributed by atoms with Crippen molar-refractivity contribution in [3.63, 3.8) is 0 Å². The van der Waals surface area contributed by atoms with Gasteiger partial charge in [-0.15, -0.1) is 0 Å². The van der Waals surface area contributed by atoms with Crippen LogP contribution < -0.4 is 5.32 Å². The summed E-state index contributed by atoms with van der Waals surface area (Å²) in [6.45, 7) is 4.26. The van der Waals surface area contributed by atoms with Crippen molar-refractivity contribution in [2.45, 2.75) is 38.1 Å². The van der Waals surface area contributed by atoms with Crippen LogP contribution in [0.15, 0.2) is 18.6 Å². The Kier molecular flexibility index (Phi) is 4.02. The molecule has 7 nitrogen and oxygen atoms in total. The van der Waals surface area contributed by atoms with Crippen LogP contribution in [0.3, 0.4) is 0 Å². The largest absolute Gasteiger partial charge is 0.348 e. The van der Waals surface area contributed by atoms with Crippen molar-refractivity contribution in [3.05, 3.63) is 41.5 Å². The van der Waals surface area contributed by atoms with Crippen LogP contribution in [0.5, 0.6) is 0 Å². The van der Waals surface area contributed by atoms with E-state index >= 15 is 0 Å². The molecule has 1 fully saturated rings. The standard InChI is InChI=1S/C17H22N6O/c1-11-18-6-2-13(22-11)12-4-8-23(9-5-12)17(24)16-15-14(3-7-19-16)20-10-21-15/h2,6,10,12,16,19H,3-5,7-9H2,1H3,(H,20,21)/t16-/m0/s1. The molecule has 2 N–H and O–H groups in total. The predicted molar refractivity (Wildman–Crippen MR) is 88.4 cm³/mol. The Labute approximate surface area is 140 Å². The highest BCUT2D eigenvalue weighted by atomic mass is 16.2. The number of hydrogen-bond acceptors (Lipinski definition) is 5. The van der Waals surface area contributed by atoms with E-state index in [1.807, 2.05) is 24.1 Å². The van der Waals surface area contributed by atoms with Crippen LogP contribution in [0.4, 0.5) is 0 Å². The van der Waals surface area contributed by atoms with E-state index < -0.39 is 0 Å². The minimum atomic E-state index is -0.308. The summed E-state index contributed by atoms with van der Waals surface area (Å²) in [6.07, 6.45) is 6.29. The summed E-state index contributed by atoms with van der Waals surface area (Å²) in [5, 5.41) is 3.31. The maximum Gasteiger partial charge on any atom is 0.246 e. The summed E-state index contributed by atoms with van der Waals surface area (Å²) >= 11 is 0. The maximum atomic E-state index is 12.9. The Morgan fingerprint density at radius 1 is 1.29 bits per heavy atom. The zero-order chi connectivity index (χ0) is 16.5. The number of imidazole rings is 1. The zero-order valence-corrected chi connectivity index (χ0v) is 13.8. The first-order valence-corrected chi connectivity index (χ1v) is 8.56. The van der Waals surface area contributed by atoms with Gasteiger partial charge in [0, 0.05) is 49.6 Å². The molecule has 1 amide bonds. The monoisotopic (exact) mass is 326 g/mol. The number of nitrogens with one attached hydrogen (secondary N) is 2. The van der Waals surface area contributed by atoms with Gasteiger partial charge in [-0.1, -0.05) is 0 Å². The van der Waals surface area contributed by atoms with Gasteiger partial charge in [0.05, 0.1) is 12.0 Å². The number of aryl methyl sites for hydroxylation is 1. The van der Waals surface area contributed by atoms with Gasteiger partial charge in [-0.25, -0.2) is 15.0 Å². The molecule has 7 heteroatoms. The Balaban J connectivity index is 1.42. The van der Waals surface area contributed by atoms with Crippen molar-refractivity contribution in [2.75, 3.05) is 19.6 Å². The number of likely N-dealkylation sites (tertiary alicyclic amines) is 1. The van der Waals surface area contributed by atoms with Crippen LogP contribution in [0.2, 0.25) is 0 Å². The van der Waals surface area contributed by atoms with Gasteiger partial charge in [0.2, 0.25) is 5.91 Å². The highest BCUT2D eigenvalue weighted by Crippen LogP contribution is 2.29. The van der Waals surface area contributed by atoms with E-state index in [1.165, 1.54) is 0 Å². The van der Waals surface area contributed by atoms with Gasteiger partial charge in [-0.05, 0) is 25.8 Å². The number of carbonyl (C=O) groups is 1. The van der Waals surface area contributed by atoms with Crippen molar-refractivity contribution in [2.24, 2.45) is 0 Å². The Morgan fingerprint density at radius 2 is 2.12 bits per heavy atom. The molecule has 4 heterocycles. The molecule has 1 atom stereocenters. The van der Waals surface area contributed by atoms with E-state index in [1.54, 1.807) is 6.33 Å².